The van der Waals surface area contributed by atoms with Crippen LogP contribution >= 0.6 is 0 Å². The van der Waals surface area contributed by atoms with Gasteiger partial charge in [-0.1, -0.05) is 65.2 Å². The van der Waals surface area contributed by atoms with Gasteiger partial charge in [-0.3, -0.25) is 0 Å². The molecule has 2 N–H and O–H groups in total. The number of H-pyrrole nitrogens is 2. The Morgan fingerprint density at radius 1 is 0.625 bits per heavy atom. The summed E-state index contributed by atoms with van der Waals surface area (Å²) in [6, 6.07) is 9.27. The molecule has 0 radical (unpaired) electrons. The van der Waals surface area contributed by atoms with E-state index in [2.05, 4.69) is 86.1 Å². The maximum atomic E-state index is 3.80. The van der Waals surface area contributed by atoms with Crippen molar-refractivity contribution in [3.05, 3.63) is 47.0 Å². The molecule has 0 aliphatic rings. The lowest BCUT2D eigenvalue weighted by Crippen LogP contribution is -2.17. The van der Waals surface area contributed by atoms with Crippen LogP contribution in [0.25, 0.3) is 0 Å². The van der Waals surface area contributed by atoms with Crippen LogP contribution in [0.4, 0.5) is 0 Å². The molecule has 0 aliphatic heterocycles. The molecule has 0 aliphatic carbocycles. The highest BCUT2D eigenvalue weighted by Gasteiger charge is 2.27. The number of aromatic amines is 2. The first kappa shape index (κ1) is 26.7. The molecule has 0 atom stereocenters. The Morgan fingerprint density at radius 3 is 1.44 bits per heavy atom. The second kappa shape index (κ2) is 14.6. The van der Waals surface area contributed by atoms with Crippen molar-refractivity contribution in [2.45, 2.75) is 97.1 Å². The van der Waals surface area contributed by atoms with Gasteiger partial charge in [0.25, 0.3) is 0 Å². The minimum Gasteiger partial charge on any atom is -0.361 e. The Labute approximate surface area is 198 Å². The minimum absolute atomic E-state index is 0.421. The fraction of sp³-hybridized carbons (Fsp3) is 0.714. The molecule has 0 aromatic carbocycles. The van der Waals surface area contributed by atoms with E-state index in [1.165, 1.54) is 87.0 Å². The Bertz CT molecular complexity index is 667. The summed E-state index contributed by atoms with van der Waals surface area (Å²) in [6.07, 6.45) is 13.4. The molecule has 0 bridgehead atoms. The van der Waals surface area contributed by atoms with Crippen LogP contribution in [0.2, 0.25) is 0 Å². The number of hydrogen-bond donors (Lipinski definition) is 2. The third kappa shape index (κ3) is 9.15. The molecular weight excluding hydrogens is 392 g/mol. The smallest absolute Gasteiger partial charge is 0.0420 e. The van der Waals surface area contributed by atoms with Gasteiger partial charge in [-0.05, 0) is 71.2 Å². The van der Waals surface area contributed by atoms with E-state index in [-0.39, 0.29) is 0 Å². The molecule has 0 spiro atoms. The summed E-state index contributed by atoms with van der Waals surface area (Å²) in [7, 11) is 8.56. The standard InChI is InChI=1S/C28H50N4/c1-7-9-11-13-15-23(16-14-12-10-8-2)28(26-19-17-24(29-26)21-31(3)4)27-20-18-25(30-27)22-32(5)6/h17-20,23,28-30H,7-16,21-22H2,1-6H3. The van der Waals surface area contributed by atoms with Crippen molar-refractivity contribution >= 4 is 0 Å². The molecule has 0 unspecified atom stereocenters. The summed E-state index contributed by atoms with van der Waals surface area (Å²) in [4.78, 5) is 12.1. The molecule has 0 saturated heterocycles. The van der Waals surface area contributed by atoms with Gasteiger partial charge >= 0.3 is 0 Å². The first-order valence-corrected chi connectivity index (χ1v) is 13.1. The minimum atomic E-state index is 0.421. The van der Waals surface area contributed by atoms with Crippen molar-refractivity contribution in [1.29, 1.82) is 0 Å². The van der Waals surface area contributed by atoms with Gasteiger partial charge in [0.05, 0.1) is 0 Å². The molecule has 182 valence electrons. The lowest BCUT2D eigenvalue weighted by molar-refractivity contribution is 0.360. The Kier molecular flexibility index (Phi) is 12.2. The van der Waals surface area contributed by atoms with Gasteiger partial charge in [0.15, 0.2) is 0 Å². The van der Waals surface area contributed by atoms with Gasteiger partial charge < -0.3 is 19.8 Å². The van der Waals surface area contributed by atoms with Crippen molar-refractivity contribution < 1.29 is 0 Å². The summed E-state index contributed by atoms with van der Waals surface area (Å²) in [6.45, 7) is 6.53. The second-order valence-electron chi connectivity index (χ2n) is 10.3. The average Bonchev–Trinajstić information content (AvgIpc) is 3.37. The summed E-state index contributed by atoms with van der Waals surface area (Å²) in [5, 5.41) is 0. The van der Waals surface area contributed by atoms with E-state index in [0.717, 1.165) is 13.1 Å². The van der Waals surface area contributed by atoms with Gasteiger partial charge in [0.1, 0.15) is 0 Å². The average molecular weight is 443 g/mol. The first-order chi connectivity index (χ1) is 15.4. The molecule has 2 aromatic heterocycles. The number of aromatic nitrogens is 2. The Balaban J connectivity index is 2.29. The van der Waals surface area contributed by atoms with E-state index in [1.807, 2.05) is 0 Å². The molecule has 4 nitrogen and oxygen atoms in total. The number of hydrogen-bond acceptors (Lipinski definition) is 2. The van der Waals surface area contributed by atoms with Gasteiger partial charge in [-0.25, -0.2) is 0 Å². The van der Waals surface area contributed by atoms with Crippen LogP contribution in [-0.2, 0) is 13.1 Å². The van der Waals surface area contributed by atoms with Crippen LogP contribution in [0, 0.1) is 5.92 Å². The highest BCUT2D eigenvalue weighted by molar-refractivity contribution is 5.29. The van der Waals surface area contributed by atoms with Crippen LogP contribution in [-0.4, -0.2) is 48.0 Å². The Morgan fingerprint density at radius 2 is 1.06 bits per heavy atom. The van der Waals surface area contributed by atoms with Crippen LogP contribution < -0.4 is 0 Å². The molecule has 0 amide bonds. The van der Waals surface area contributed by atoms with E-state index in [1.54, 1.807) is 0 Å². The van der Waals surface area contributed by atoms with Crippen molar-refractivity contribution in [2.24, 2.45) is 5.92 Å². The summed E-state index contributed by atoms with van der Waals surface area (Å²) >= 11 is 0. The SMILES string of the molecule is CCCCCCC(CCCCCC)C(c1ccc(CN(C)C)[nH]1)c1ccc(CN(C)C)[nH]1. The van der Waals surface area contributed by atoms with Gasteiger partial charge in [0, 0.05) is 41.8 Å². The fourth-order valence-electron chi connectivity index (χ4n) is 4.97. The Hall–Kier alpha value is -1.52. The summed E-state index contributed by atoms with van der Waals surface area (Å²) in [5.41, 5.74) is 5.39. The molecule has 2 aromatic rings. The highest BCUT2D eigenvalue weighted by Crippen LogP contribution is 2.38. The molecule has 0 fully saturated rings. The number of unbranched alkanes of at least 4 members (excludes halogenated alkanes) is 6. The molecule has 32 heavy (non-hydrogen) atoms. The monoisotopic (exact) mass is 442 g/mol. The van der Waals surface area contributed by atoms with E-state index in [0.29, 0.717) is 11.8 Å². The van der Waals surface area contributed by atoms with Crippen molar-refractivity contribution in [1.82, 2.24) is 19.8 Å². The lowest BCUT2D eigenvalue weighted by atomic mass is 9.80. The zero-order valence-corrected chi connectivity index (χ0v) is 21.8. The third-order valence-electron chi connectivity index (χ3n) is 6.51. The lowest BCUT2D eigenvalue weighted by Gasteiger charge is -2.27. The molecular formula is C28H50N4. The molecule has 2 rings (SSSR count). The molecule has 4 heteroatoms. The first-order valence-electron chi connectivity index (χ1n) is 13.1. The quantitative estimate of drug-likeness (QED) is 0.255. The van der Waals surface area contributed by atoms with Gasteiger partial charge in [-0.15, -0.1) is 0 Å². The maximum Gasteiger partial charge on any atom is 0.0420 e. The highest BCUT2D eigenvalue weighted by atomic mass is 15.1. The van der Waals surface area contributed by atoms with Crippen molar-refractivity contribution in [3.8, 4) is 0 Å². The van der Waals surface area contributed by atoms with E-state index < -0.39 is 0 Å². The van der Waals surface area contributed by atoms with Crippen molar-refractivity contribution in [2.75, 3.05) is 28.2 Å². The van der Waals surface area contributed by atoms with Crippen LogP contribution in [0.15, 0.2) is 24.3 Å². The topological polar surface area (TPSA) is 38.1 Å². The fourth-order valence-corrected chi connectivity index (χ4v) is 4.97. The molecule has 2 heterocycles. The number of rotatable bonds is 17. The largest absolute Gasteiger partial charge is 0.361 e. The van der Waals surface area contributed by atoms with Crippen LogP contribution in [0.5, 0.6) is 0 Å². The predicted octanol–water partition coefficient (Wildman–Crippen LogP) is 7.15. The zero-order chi connectivity index (χ0) is 23.3. The summed E-state index contributed by atoms with van der Waals surface area (Å²) in [5.74, 6) is 1.10. The number of nitrogens with zero attached hydrogens (tertiary/aromatic N) is 2. The normalized spacial score (nSPS) is 12.2. The third-order valence-corrected chi connectivity index (χ3v) is 6.51. The molecule has 0 saturated carbocycles. The summed E-state index contributed by atoms with van der Waals surface area (Å²) < 4.78 is 0. The zero-order valence-electron chi connectivity index (χ0n) is 21.8. The van der Waals surface area contributed by atoms with Crippen molar-refractivity contribution in [3.63, 3.8) is 0 Å². The van der Waals surface area contributed by atoms with E-state index in [4.69, 9.17) is 0 Å². The number of nitrogens with one attached hydrogen (secondary N) is 2. The van der Waals surface area contributed by atoms with E-state index in [9.17, 15) is 0 Å². The van der Waals surface area contributed by atoms with Crippen LogP contribution in [0.3, 0.4) is 0 Å². The maximum absolute atomic E-state index is 3.80. The second-order valence-corrected chi connectivity index (χ2v) is 10.3. The van der Waals surface area contributed by atoms with Gasteiger partial charge in [0.2, 0.25) is 0 Å². The van der Waals surface area contributed by atoms with Gasteiger partial charge in [-0.2, -0.15) is 0 Å². The van der Waals surface area contributed by atoms with E-state index >= 15 is 0 Å². The van der Waals surface area contributed by atoms with Crippen LogP contribution in [0.1, 0.15) is 107 Å². The predicted molar refractivity (Wildman–Crippen MR) is 139 cm³/mol.